The molecule has 1 saturated carbocycles. The first-order valence-corrected chi connectivity index (χ1v) is 7.58. The molecule has 1 heterocycles. The van der Waals surface area contributed by atoms with Crippen molar-refractivity contribution in [1.29, 1.82) is 0 Å². The van der Waals surface area contributed by atoms with Crippen LogP contribution < -0.4 is 10.1 Å². The molecule has 0 aliphatic heterocycles. The fourth-order valence-electron chi connectivity index (χ4n) is 2.57. The number of hydrogen-bond acceptors (Lipinski definition) is 5. The van der Waals surface area contributed by atoms with Gasteiger partial charge in [0.05, 0.1) is 6.54 Å². The van der Waals surface area contributed by atoms with Crippen molar-refractivity contribution >= 4 is 5.91 Å². The number of aromatic nitrogens is 2. The van der Waals surface area contributed by atoms with Gasteiger partial charge in [-0.1, -0.05) is 36.2 Å². The number of para-hydroxylation sites is 1. The smallest absolute Gasteiger partial charge is 0.258 e. The van der Waals surface area contributed by atoms with E-state index in [4.69, 9.17) is 9.26 Å². The van der Waals surface area contributed by atoms with Gasteiger partial charge in [0.15, 0.2) is 12.4 Å². The Balaban J connectivity index is 1.43. The van der Waals surface area contributed by atoms with Gasteiger partial charge in [0.25, 0.3) is 5.91 Å². The van der Waals surface area contributed by atoms with Gasteiger partial charge in [0.2, 0.25) is 5.89 Å². The summed E-state index contributed by atoms with van der Waals surface area (Å²) < 4.78 is 10.6. The van der Waals surface area contributed by atoms with Crippen LogP contribution in [-0.4, -0.2) is 22.7 Å². The SMILES string of the molecule is O=C(COc1ccccc1)NCc1noc(C2CCCC2)n1. The van der Waals surface area contributed by atoms with E-state index in [9.17, 15) is 4.79 Å². The zero-order valence-electron chi connectivity index (χ0n) is 12.3. The maximum absolute atomic E-state index is 11.7. The third-order valence-corrected chi connectivity index (χ3v) is 3.75. The number of benzene rings is 1. The molecule has 0 unspecified atom stereocenters. The quantitative estimate of drug-likeness (QED) is 0.886. The Bertz CT molecular complexity index is 606. The zero-order chi connectivity index (χ0) is 15.2. The highest BCUT2D eigenvalue weighted by atomic mass is 16.5. The normalized spacial score (nSPS) is 14.9. The average molecular weight is 301 g/mol. The van der Waals surface area contributed by atoms with E-state index < -0.39 is 0 Å². The average Bonchev–Trinajstić information content (AvgIpc) is 3.22. The summed E-state index contributed by atoms with van der Waals surface area (Å²) >= 11 is 0. The summed E-state index contributed by atoms with van der Waals surface area (Å²) in [4.78, 5) is 16.1. The van der Waals surface area contributed by atoms with Crippen molar-refractivity contribution in [3.63, 3.8) is 0 Å². The van der Waals surface area contributed by atoms with Gasteiger partial charge < -0.3 is 14.6 Å². The number of nitrogens with one attached hydrogen (secondary N) is 1. The van der Waals surface area contributed by atoms with Gasteiger partial charge in [-0.25, -0.2) is 0 Å². The maximum atomic E-state index is 11.7. The largest absolute Gasteiger partial charge is 0.484 e. The summed E-state index contributed by atoms with van der Waals surface area (Å²) in [6.45, 7) is 0.227. The standard InChI is InChI=1S/C16H19N3O3/c20-15(11-21-13-8-2-1-3-9-13)17-10-14-18-16(22-19-14)12-6-4-5-7-12/h1-3,8-9,12H,4-7,10-11H2,(H,17,20). The molecule has 1 aromatic heterocycles. The van der Waals surface area contributed by atoms with E-state index in [0.717, 1.165) is 12.8 Å². The number of hydrogen-bond donors (Lipinski definition) is 1. The fraction of sp³-hybridized carbons (Fsp3) is 0.438. The topological polar surface area (TPSA) is 77.2 Å². The molecule has 0 saturated heterocycles. The highest BCUT2D eigenvalue weighted by molar-refractivity contribution is 5.77. The van der Waals surface area contributed by atoms with Crippen molar-refractivity contribution in [3.05, 3.63) is 42.0 Å². The van der Waals surface area contributed by atoms with Gasteiger partial charge in [0, 0.05) is 5.92 Å². The van der Waals surface area contributed by atoms with Crippen molar-refractivity contribution in [2.75, 3.05) is 6.61 Å². The van der Waals surface area contributed by atoms with Crippen LogP contribution in [0.2, 0.25) is 0 Å². The van der Waals surface area contributed by atoms with Crippen LogP contribution in [0.25, 0.3) is 0 Å². The minimum absolute atomic E-state index is 0.0304. The predicted octanol–water partition coefficient (Wildman–Crippen LogP) is 2.42. The van der Waals surface area contributed by atoms with E-state index in [0.29, 0.717) is 23.4 Å². The molecule has 1 aliphatic carbocycles. The Morgan fingerprint density at radius 2 is 2.05 bits per heavy atom. The minimum atomic E-state index is -0.212. The van der Waals surface area contributed by atoms with E-state index in [-0.39, 0.29) is 19.1 Å². The zero-order valence-corrected chi connectivity index (χ0v) is 12.3. The van der Waals surface area contributed by atoms with Crippen LogP contribution >= 0.6 is 0 Å². The molecule has 1 fully saturated rings. The number of amides is 1. The predicted molar refractivity (Wildman–Crippen MR) is 79.3 cm³/mol. The fourth-order valence-corrected chi connectivity index (χ4v) is 2.57. The van der Waals surface area contributed by atoms with Crippen molar-refractivity contribution in [3.8, 4) is 5.75 Å². The Labute approximate surface area is 128 Å². The molecule has 6 nitrogen and oxygen atoms in total. The van der Waals surface area contributed by atoms with Crippen LogP contribution in [-0.2, 0) is 11.3 Å². The van der Waals surface area contributed by atoms with Gasteiger partial charge in [-0.3, -0.25) is 4.79 Å². The first-order valence-electron chi connectivity index (χ1n) is 7.58. The molecular weight excluding hydrogens is 282 g/mol. The molecule has 1 aromatic carbocycles. The van der Waals surface area contributed by atoms with Crippen molar-refractivity contribution in [2.24, 2.45) is 0 Å². The lowest BCUT2D eigenvalue weighted by Gasteiger charge is -2.05. The van der Waals surface area contributed by atoms with Gasteiger partial charge >= 0.3 is 0 Å². The monoisotopic (exact) mass is 301 g/mol. The van der Waals surface area contributed by atoms with Gasteiger partial charge in [0.1, 0.15) is 5.75 Å². The highest BCUT2D eigenvalue weighted by Gasteiger charge is 2.22. The number of rotatable bonds is 6. The van der Waals surface area contributed by atoms with E-state index in [2.05, 4.69) is 15.5 Å². The number of carbonyl (C=O) groups excluding carboxylic acids is 1. The summed E-state index contributed by atoms with van der Waals surface area (Å²) in [5, 5.41) is 6.63. The molecule has 3 rings (SSSR count). The number of nitrogens with zero attached hydrogens (tertiary/aromatic N) is 2. The number of carbonyl (C=O) groups is 1. The molecule has 1 amide bonds. The van der Waals surface area contributed by atoms with Crippen LogP contribution in [0.3, 0.4) is 0 Å². The van der Waals surface area contributed by atoms with Crippen LogP contribution in [0.1, 0.15) is 43.3 Å². The maximum Gasteiger partial charge on any atom is 0.258 e. The third-order valence-electron chi connectivity index (χ3n) is 3.75. The second kappa shape index (κ2) is 7.06. The Morgan fingerprint density at radius 3 is 2.82 bits per heavy atom. The van der Waals surface area contributed by atoms with Crippen LogP contribution in [0, 0.1) is 0 Å². The van der Waals surface area contributed by atoms with Crippen molar-refractivity contribution < 1.29 is 14.1 Å². The third kappa shape index (κ3) is 3.84. The molecular formula is C16H19N3O3. The molecule has 0 atom stereocenters. The summed E-state index contributed by atoms with van der Waals surface area (Å²) in [6, 6.07) is 9.22. The lowest BCUT2D eigenvalue weighted by molar-refractivity contribution is -0.123. The highest BCUT2D eigenvalue weighted by Crippen LogP contribution is 2.32. The summed E-state index contributed by atoms with van der Waals surface area (Å²) in [7, 11) is 0. The van der Waals surface area contributed by atoms with Crippen LogP contribution in [0.5, 0.6) is 5.75 Å². The second-order valence-corrected chi connectivity index (χ2v) is 5.41. The summed E-state index contributed by atoms with van der Waals surface area (Å²) in [5.74, 6) is 2.05. The lowest BCUT2D eigenvalue weighted by Crippen LogP contribution is -2.28. The van der Waals surface area contributed by atoms with Crippen LogP contribution in [0.4, 0.5) is 0 Å². The number of ether oxygens (including phenoxy) is 1. The first-order chi connectivity index (χ1) is 10.8. The second-order valence-electron chi connectivity index (χ2n) is 5.41. The summed E-state index contributed by atoms with van der Waals surface area (Å²) in [6.07, 6.45) is 4.66. The van der Waals surface area contributed by atoms with Crippen LogP contribution in [0.15, 0.2) is 34.9 Å². The Hall–Kier alpha value is -2.37. The molecule has 2 aromatic rings. The first kappa shape index (κ1) is 14.6. The molecule has 0 spiro atoms. The lowest BCUT2D eigenvalue weighted by atomic mass is 10.1. The van der Waals surface area contributed by atoms with E-state index in [1.165, 1.54) is 12.8 Å². The van der Waals surface area contributed by atoms with E-state index >= 15 is 0 Å². The van der Waals surface area contributed by atoms with Crippen molar-refractivity contribution in [1.82, 2.24) is 15.5 Å². The van der Waals surface area contributed by atoms with E-state index in [1.54, 1.807) is 12.1 Å². The van der Waals surface area contributed by atoms with Gasteiger partial charge in [-0.05, 0) is 25.0 Å². The minimum Gasteiger partial charge on any atom is -0.484 e. The Kier molecular flexibility index (Phi) is 4.68. The van der Waals surface area contributed by atoms with Gasteiger partial charge in [-0.15, -0.1) is 0 Å². The molecule has 0 radical (unpaired) electrons. The molecule has 0 bridgehead atoms. The summed E-state index contributed by atoms with van der Waals surface area (Å²) in [5.41, 5.74) is 0. The Morgan fingerprint density at radius 1 is 1.27 bits per heavy atom. The van der Waals surface area contributed by atoms with Crippen molar-refractivity contribution in [2.45, 2.75) is 38.1 Å². The van der Waals surface area contributed by atoms with Gasteiger partial charge in [-0.2, -0.15) is 4.98 Å². The molecule has 6 heteroatoms. The molecule has 1 N–H and O–H groups in total. The molecule has 1 aliphatic rings. The molecule has 22 heavy (non-hydrogen) atoms. The molecule has 116 valence electrons. The van der Waals surface area contributed by atoms with E-state index in [1.807, 2.05) is 18.2 Å².